The minimum atomic E-state index is -3.66. The number of carboxylic acids is 1. The van der Waals surface area contributed by atoms with Gasteiger partial charge in [0.2, 0.25) is 10.0 Å². The largest absolute Gasteiger partial charge is 0.477 e. The molecule has 0 radical (unpaired) electrons. The summed E-state index contributed by atoms with van der Waals surface area (Å²) in [5.74, 6) is -1.11. The maximum atomic E-state index is 12.5. The van der Waals surface area contributed by atoms with E-state index in [1.165, 1.54) is 15.8 Å². The Labute approximate surface area is 122 Å². The normalized spacial score (nSPS) is 24.7. The topological polar surface area (TPSA) is 83.9 Å². The molecule has 0 aromatic carbocycles. The van der Waals surface area contributed by atoms with Gasteiger partial charge in [0.25, 0.3) is 0 Å². The lowest BCUT2D eigenvalue weighted by molar-refractivity contribution is -0.0319. The summed E-state index contributed by atoms with van der Waals surface area (Å²) in [6.45, 7) is 2.59. The molecule has 1 atom stereocenters. The molecule has 0 bridgehead atoms. The highest BCUT2D eigenvalue weighted by molar-refractivity contribution is 7.89. The van der Waals surface area contributed by atoms with Crippen molar-refractivity contribution in [3.05, 3.63) is 16.3 Å². The molecule has 8 heteroatoms. The number of carboxylic acid groups (broad SMARTS) is 1. The molecule has 1 saturated heterocycles. The lowest BCUT2D eigenvalue weighted by Crippen LogP contribution is -2.49. The minimum Gasteiger partial charge on any atom is -0.477 e. The Balaban J connectivity index is 2.27. The Morgan fingerprint density at radius 2 is 2.25 bits per heavy atom. The number of thiophene rings is 1. The fraction of sp³-hybridized carbons (Fsp3) is 0.583. The van der Waals surface area contributed by atoms with Gasteiger partial charge in [0.05, 0.1) is 10.5 Å². The Morgan fingerprint density at radius 3 is 2.80 bits per heavy atom. The summed E-state index contributed by atoms with van der Waals surface area (Å²) in [5.41, 5.74) is -0.489. The van der Waals surface area contributed by atoms with Crippen LogP contribution in [0.4, 0.5) is 0 Å². The molecule has 1 aliphatic heterocycles. The van der Waals surface area contributed by atoms with Gasteiger partial charge in [0, 0.05) is 25.6 Å². The van der Waals surface area contributed by atoms with Gasteiger partial charge in [0.15, 0.2) is 0 Å². The number of piperidine rings is 1. The van der Waals surface area contributed by atoms with Crippen LogP contribution in [0.2, 0.25) is 0 Å². The molecule has 6 nitrogen and oxygen atoms in total. The third-order valence-corrected chi connectivity index (χ3v) is 6.43. The second kappa shape index (κ2) is 5.44. The minimum absolute atomic E-state index is 0.0232. The fourth-order valence-electron chi connectivity index (χ4n) is 2.25. The van der Waals surface area contributed by atoms with Crippen LogP contribution >= 0.6 is 11.3 Å². The van der Waals surface area contributed by atoms with Crippen molar-refractivity contribution < 1.29 is 23.1 Å². The molecular formula is C12H17NO5S2. The molecule has 20 heavy (non-hydrogen) atoms. The van der Waals surface area contributed by atoms with Crippen LogP contribution in [0.25, 0.3) is 0 Å². The molecule has 0 amide bonds. The molecule has 1 N–H and O–H groups in total. The van der Waals surface area contributed by atoms with Crippen molar-refractivity contribution in [1.82, 2.24) is 4.31 Å². The number of rotatable bonds is 4. The second-order valence-electron chi connectivity index (χ2n) is 5.05. The van der Waals surface area contributed by atoms with Crippen LogP contribution in [0.3, 0.4) is 0 Å². The predicted octanol–water partition coefficient (Wildman–Crippen LogP) is 1.64. The molecule has 0 spiro atoms. The highest BCUT2D eigenvalue weighted by atomic mass is 32.2. The van der Waals surface area contributed by atoms with E-state index in [-0.39, 0.29) is 16.3 Å². The molecule has 112 valence electrons. The average molecular weight is 319 g/mol. The average Bonchev–Trinajstić information content (AvgIpc) is 2.89. The van der Waals surface area contributed by atoms with Crippen LogP contribution in [0.5, 0.6) is 0 Å². The van der Waals surface area contributed by atoms with E-state index in [4.69, 9.17) is 9.84 Å². The highest BCUT2D eigenvalue weighted by Crippen LogP contribution is 2.30. The van der Waals surface area contributed by atoms with Crippen LogP contribution in [0.1, 0.15) is 29.4 Å². The van der Waals surface area contributed by atoms with Gasteiger partial charge in [0.1, 0.15) is 4.88 Å². The van der Waals surface area contributed by atoms with Crippen LogP contribution < -0.4 is 0 Å². The van der Waals surface area contributed by atoms with Crippen LogP contribution in [0.15, 0.2) is 16.3 Å². The van der Waals surface area contributed by atoms with Crippen molar-refractivity contribution >= 4 is 27.3 Å². The maximum Gasteiger partial charge on any atom is 0.345 e. The van der Waals surface area contributed by atoms with Crippen LogP contribution in [-0.2, 0) is 14.8 Å². The first kappa shape index (κ1) is 15.4. The SMILES string of the molecule is COC1(C)CCCN(S(=O)(=O)c2csc(C(=O)O)c2)C1. The fourth-order valence-corrected chi connectivity index (χ4v) is 4.94. The highest BCUT2D eigenvalue weighted by Gasteiger charge is 2.37. The molecule has 0 saturated carbocycles. The monoisotopic (exact) mass is 319 g/mol. The van der Waals surface area contributed by atoms with E-state index >= 15 is 0 Å². The summed E-state index contributed by atoms with van der Waals surface area (Å²) in [4.78, 5) is 10.9. The second-order valence-corrected chi connectivity index (χ2v) is 7.90. The van der Waals surface area contributed by atoms with Crippen LogP contribution in [0, 0.1) is 0 Å². The van der Waals surface area contributed by atoms with Gasteiger partial charge in [-0.3, -0.25) is 0 Å². The van der Waals surface area contributed by atoms with E-state index in [2.05, 4.69) is 0 Å². The first-order valence-electron chi connectivity index (χ1n) is 6.16. The molecule has 1 aromatic rings. The maximum absolute atomic E-state index is 12.5. The van der Waals surface area contributed by atoms with Gasteiger partial charge in [-0.15, -0.1) is 11.3 Å². The Morgan fingerprint density at radius 1 is 1.55 bits per heavy atom. The summed E-state index contributed by atoms with van der Waals surface area (Å²) in [6, 6.07) is 1.21. The van der Waals surface area contributed by atoms with Crippen molar-refractivity contribution in [1.29, 1.82) is 0 Å². The third kappa shape index (κ3) is 2.88. The molecular weight excluding hydrogens is 302 g/mol. The molecule has 0 aliphatic carbocycles. The van der Waals surface area contributed by atoms with Gasteiger partial charge in [-0.25, -0.2) is 13.2 Å². The molecule has 2 heterocycles. The van der Waals surface area contributed by atoms with Crippen molar-refractivity contribution in [3.63, 3.8) is 0 Å². The van der Waals surface area contributed by atoms with E-state index in [9.17, 15) is 13.2 Å². The van der Waals surface area contributed by atoms with Gasteiger partial charge in [-0.05, 0) is 25.8 Å². The Kier molecular flexibility index (Phi) is 4.19. The van der Waals surface area contributed by atoms with Crippen molar-refractivity contribution in [2.24, 2.45) is 0 Å². The lowest BCUT2D eigenvalue weighted by atomic mass is 9.96. The number of hydrogen-bond acceptors (Lipinski definition) is 5. The Bertz CT molecular complexity index is 609. The summed E-state index contributed by atoms with van der Waals surface area (Å²) in [7, 11) is -2.08. The number of ether oxygens (including phenoxy) is 1. The number of nitrogens with zero attached hydrogens (tertiary/aromatic N) is 1. The molecule has 1 aromatic heterocycles. The standard InChI is InChI=1S/C12H17NO5S2/c1-12(18-2)4-3-5-13(8-12)20(16,17)9-6-10(11(14)15)19-7-9/h6-7H,3-5,8H2,1-2H3,(H,14,15). The number of methoxy groups -OCH3 is 1. The number of carbonyl (C=O) groups is 1. The summed E-state index contributed by atoms with van der Waals surface area (Å²) < 4.78 is 31.8. The molecule has 1 unspecified atom stereocenters. The van der Waals surface area contributed by atoms with Gasteiger partial charge < -0.3 is 9.84 Å². The lowest BCUT2D eigenvalue weighted by Gasteiger charge is -2.38. The zero-order chi connectivity index (χ0) is 15.0. The van der Waals surface area contributed by atoms with Gasteiger partial charge in [-0.1, -0.05) is 0 Å². The predicted molar refractivity (Wildman–Crippen MR) is 74.7 cm³/mol. The smallest absolute Gasteiger partial charge is 0.345 e. The summed E-state index contributed by atoms with van der Waals surface area (Å²) >= 11 is 0.918. The number of sulfonamides is 1. The Hall–Kier alpha value is -0.960. The van der Waals surface area contributed by atoms with E-state index < -0.39 is 21.6 Å². The van der Waals surface area contributed by atoms with Gasteiger partial charge >= 0.3 is 5.97 Å². The van der Waals surface area contributed by atoms with Crippen molar-refractivity contribution in [2.45, 2.75) is 30.3 Å². The third-order valence-electron chi connectivity index (χ3n) is 3.54. The van der Waals surface area contributed by atoms with E-state index in [1.807, 2.05) is 6.92 Å². The number of hydrogen-bond donors (Lipinski definition) is 1. The first-order valence-corrected chi connectivity index (χ1v) is 8.48. The van der Waals surface area contributed by atoms with E-state index in [0.717, 1.165) is 24.2 Å². The van der Waals surface area contributed by atoms with Crippen molar-refractivity contribution in [2.75, 3.05) is 20.2 Å². The first-order chi connectivity index (χ1) is 9.28. The number of aromatic carboxylic acids is 1. The van der Waals surface area contributed by atoms with Gasteiger partial charge in [-0.2, -0.15) is 4.31 Å². The van der Waals surface area contributed by atoms with Crippen LogP contribution in [-0.4, -0.2) is 49.6 Å². The van der Waals surface area contributed by atoms with Crippen molar-refractivity contribution in [3.8, 4) is 0 Å². The summed E-state index contributed by atoms with van der Waals surface area (Å²) in [6.07, 6.45) is 1.53. The quantitative estimate of drug-likeness (QED) is 0.912. The zero-order valence-electron chi connectivity index (χ0n) is 11.3. The van der Waals surface area contributed by atoms with E-state index in [1.54, 1.807) is 7.11 Å². The molecule has 1 aliphatic rings. The molecule has 2 rings (SSSR count). The molecule has 1 fully saturated rings. The zero-order valence-corrected chi connectivity index (χ0v) is 13.0. The van der Waals surface area contributed by atoms with E-state index in [0.29, 0.717) is 6.54 Å². The summed E-state index contributed by atoms with van der Waals surface area (Å²) in [5, 5.41) is 10.2.